The van der Waals surface area contributed by atoms with Crippen molar-refractivity contribution in [1.29, 1.82) is 0 Å². The van der Waals surface area contributed by atoms with Crippen LogP contribution >= 0.6 is 22.6 Å². The fourth-order valence-electron chi connectivity index (χ4n) is 1.84. The van der Waals surface area contributed by atoms with E-state index >= 15 is 0 Å². The van der Waals surface area contributed by atoms with Gasteiger partial charge in [0.25, 0.3) is 0 Å². The fraction of sp³-hybridized carbons (Fsp3) is 0.118. The Balaban J connectivity index is 1.75. The van der Waals surface area contributed by atoms with E-state index in [2.05, 4.69) is 38.4 Å². The van der Waals surface area contributed by atoms with Crippen molar-refractivity contribution in [2.45, 2.75) is 12.8 Å². The van der Waals surface area contributed by atoms with Gasteiger partial charge in [-0.15, -0.1) is 0 Å². The number of hydrogen-bond donors (Lipinski definition) is 3. The van der Waals surface area contributed by atoms with Gasteiger partial charge in [0.2, 0.25) is 11.8 Å². The van der Waals surface area contributed by atoms with E-state index in [1.165, 1.54) is 12.3 Å². The monoisotopic (exact) mass is 437 g/mol. The summed E-state index contributed by atoms with van der Waals surface area (Å²) in [6.07, 6.45) is 1.52. The molecule has 0 aliphatic rings. The van der Waals surface area contributed by atoms with Crippen LogP contribution in [0.1, 0.15) is 18.4 Å². The van der Waals surface area contributed by atoms with Crippen molar-refractivity contribution in [2.75, 3.05) is 5.32 Å². The van der Waals surface area contributed by atoms with E-state index in [-0.39, 0.29) is 30.4 Å². The molecule has 0 saturated carbocycles. The Morgan fingerprint density at radius 1 is 1.08 bits per heavy atom. The van der Waals surface area contributed by atoms with Crippen LogP contribution in [0, 0.1) is 3.57 Å². The fourth-order valence-corrected chi connectivity index (χ4v) is 2.36. The predicted octanol–water partition coefficient (Wildman–Crippen LogP) is 2.87. The number of amides is 2. The second-order valence-corrected chi connectivity index (χ2v) is 6.08. The highest BCUT2D eigenvalue weighted by Gasteiger charge is 2.08. The molecular weight excluding hydrogens is 421 g/mol. The van der Waals surface area contributed by atoms with E-state index < -0.39 is 0 Å². The molecule has 0 aromatic heterocycles. The van der Waals surface area contributed by atoms with Crippen molar-refractivity contribution in [3.63, 3.8) is 0 Å². The Morgan fingerprint density at radius 2 is 1.83 bits per heavy atom. The smallest absolute Gasteiger partial charge is 0.240 e. The molecule has 0 bridgehead atoms. The number of halogens is 1. The van der Waals surface area contributed by atoms with Crippen LogP contribution in [-0.4, -0.2) is 23.1 Å². The Morgan fingerprint density at radius 3 is 2.58 bits per heavy atom. The third kappa shape index (κ3) is 5.99. The van der Waals surface area contributed by atoms with E-state index in [1.54, 1.807) is 24.3 Å². The first-order valence-electron chi connectivity index (χ1n) is 7.20. The summed E-state index contributed by atoms with van der Waals surface area (Å²) < 4.78 is 0.934. The van der Waals surface area contributed by atoms with Crippen LogP contribution < -0.4 is 10.7 Å². The maximum absolute atomic E-state index is 11.8. The molecule has 124 valence electrons. The molecule has 6 nitrogen and oxygen atoms in total. The topological polar surface area (TPSA) is 90.8 Å². The summed E-state index contributed by atoms with van der Waals surface area (Å²) in [4.78, 5) is 23.5. The van der Waals surface area contributed by atoms with Gasteiger partial charge in [0.15, 0.2) is 0 Å². The Labute approximate surface area is 153 Å². The lowest BCUT2D eigenvalue weighted by molar-refractivity contribution is -0.124. The average molecular weight is 437 g/mol. The van der Waals surface area contributed by atoms with Crippen LogP contribution in [0.25, 0.3) is 0 Å². The molecule has 0 spiro atoms. The van der Waals surface area contributed by atoms with Gasteiger partial charge in [-0.05, 0) is 52.4 Å². The van der Waals surface area contributed by atoms with Crippen LogP contribution in [0.3, 0.4) is 0 Å². The first-order valence-corrected chi connectivity index (χ1v) is 8.28. The SMILES string of the molecule is O=C(CCC(=O)Nc1ccccc1I)N/N=C\c1cccc(O)c1. The number of phenols is 1. The molecule has 2 aromatic carbocycles. The highest BCUT2D eigenvalue weighted by atomic mass is 127. The number of para-hydroxylation sites is 1. The zero-order valence-corrected chi connectivity index (χ0v) is 14.9. The Bertz CT molecular complexity index is 762. The van der Waals surface area contributed by atoms with Crippen LogP contribution in [0.15, 0.2) is 53.6 Å². The second-order valence-electron chi connectivity index (χ2n) is 4.92. The molecule has 0 aliphatic heterocycles. The van der Waals surface area contributed by atoms with Crippen molar-refractivity contribution in [3.05, 3.63) is 57.7 Å². The van der Waals surface area contributed by atoms with Crippen molar-refractivity contribution in [3.8, 4) is 5.75 Å². The third-order valence-corrected chi connectivity index (χ3v) is 3.94. The number of carbonyl (C=O) groups excluding carboxylic acids is 2. The lowest BCUT2D eigenvalue weighted by Gasteiger charge is -2.06. The Kier molecular flexibility index (Phi) is 6.74. The first kappa shape index (κ1) is 17.9. The largest absolute Gasteiger partial charge is 0.508 e. The summed E-state index contributed by atoms with van der Waals surface area (Å²) in [7, 11) is 0. The molecule has 0 atom stereocenters. The number of carbonyl (C=O) groups is 2. The van der Waals surface area contributed by atoms with Crippen molar-refractivity contribution >= 4 is 46.3 Å². The molecule has 2 aromatic rings. The zero-order chi connectivity index (χ0) is 17.4. The lowest BCUT2D eigenvalue weighted by Crippen LogP contribution is -2.20. The van der Waals surface area contributed by atoms with Crippen LogP contribution in [0.5, 0.6) is 5.75 Å². The summed E-state index contributed by atoms with van der Waals surface area (Å²) in [5.41, 5.74) is 3.73. The van der Waals surface area contributed by atoms with Gasteiger partial charge in [-0.2, -0.15) is 5.10 Å². The van der Waals surface area contributed by atoms with E-state index in [1.807, 2.05) is 18.2 Å². The molecule has 7 heteroatoms. The van der Waals surface area contributed by atoms with Gasteiger partial charge in [-0.25, -0.2) is 5.43 Å². The summed E-state index contributed by atoms with van der Waals surface area (Å²) in [6.45, 7) is 0. The van der Waals surface area contributed by atoms with Gasteiger partial charge < -0.3 is 10.4 Å². The van der Waals surface area contributed by atoms with Crippen LogP contribution in [0.4, 0.5) is 5.69 Å². The number of phenolic OH excluding ortho intramolecular Hbond substituents is 1. The number of aromatic hydroxyl groups is 1. The minimum atomic E-state index is -0.357. The molecule has 2 amide bonds. The molecule has 0 fully saturated rings. The van der Waals surface area contributed by atoms with E-state index in [4.69, 9.17) is 0 Å². The zero-order valence-electron chi connectivity index (χ0n) is 12.7. The maximum Gasteiger partial charge on any atom is 0.240 e. The van der Waals surface area contributed by atoms with E-state index in [0.717, 1.165) is 9.26 Å². The van der Waals surface area contributed by atoms with Crippen LogP contribution in [-0.2, 0) is 9.59 Å². The summed E-state index contributed by atoms with van der Waals surface area (Å²) in [5, 5.41) is 15.9. The standard InChI is InChI=1S/C17H16IN3O3/c18-14-6-1-2-7-15(14)20-16(23)8-9-17(24)21-19-11-12-4-3-5-13(22)10-12/h1-7,10-11,22H,8-9H2,(H,20,23)(H,21,24)/b19-11-. The summed E-state index contributed by atoms with van der Waals surface area (Å²) >= 11 is 2.13. The van der Waals surface area contributed by atoms with Crippen LogP contribution in [0.2, 0.25) is 0 Å². The molecule has 2 rings (SSSR count). The number of benzene rings is 2. The van der Waals surface area contributed by atoms with Crippen molar-refractivity contribution in [1.82, 2.24) is 5.43 Å². The third-order valence-electron chi connectivity index (χ3n) is 3.00. The van der Waals surface area contributed by atoms with Gasteiger partial charge in [0, 0.05) is 16.4 Å². The first-order chi connectivity index (χ1) is 11.5. The molecule has 0 saturated heterocycles. The number of hydrogen-bond acceptors (Lipinski definition) is 4. The van der Waals surface area contributed by atoms with Crippen molar-refractivity contribution in [2.24, 2.45) is 5.10 Å². The summed E-state index contributed by atoms with van der Waals surface area (Å²) in [5.74, 6) is -0.465. The van der Waals surface area contributed by atoms with Gasteiger partial charge >= 0.3 is 0 Å². The molecular formula is C17H16IN3O3. The Hall–Kier alpha value is -2.42. The highest BCUT2D eigenvalue weighted by Crippen LogP contribution is 2.17. The number of rotatable bonds is 6. The molecule has 0 heterocycles. The maximum atomic E-state index is 11.8. The minimum Gasteiger partial charge on any atom is -0.508 e. The van der Waals surface area contributed by atoms with E-state index in [0.29, 0.717) is 5.56 Å². The van der Waals surface area contributed by atoms with Gasteiger partial charge in [0.1, 0.15) is 5.75 Å². The molecule has 0 aliphatic carbocycles. The number of nitrogens with one attached hydrogen (secondary N) is 2. The molecule has 3 N–H and O–H groups in total. The number of hydrazone groups is 1. The molecule has 0 unspecified atom stereocenters. The quantitative estimate of drug-likeness (QED) is 0.369. The van der Waals surface area contributed by atoms with Gasteiger partial charge in [-0.3, -0.25) is 9.59 Å². The summed E-state index contributed by atoms with van der Waals surface area (Å²) in [6, 6.07) is 13.9. The normalized spacial score (nSPS) is 10.5. The minimum absolute atomic E-state index is 0.0344. The van der Waals surface area contributed by atoms with Crippen molar-refractivity contribution < 1.29 is 14.7 Å². The number of anilines is 1. The predicted molar refractivity (Wildman–Crippen MR) is 101 cm³/mol. The average Bonchev–Trinajstić information content (AvgIpc) is 2.55. The van der Waals surface area contributed by atoms with E-state index in [9.17, 15) is 14.7 Å². The highest BCUT2D eigenvalue weighted by molar-refractivity contribution is 14.1. The second kappa shape index (κ2) is 9.02. The van der Waals surface area contributed by atoms with Gasteiger partial charge in [-0.1, -0.05) is 24.3 Å². The van der Waals surface area contributed by atoms with Gasteiger partial charge in [0.05, 0.1) is 11.9 Å². The molecule has 0 radical (unpaired) electrons. The number of nitrogens with zero attached hydrogens (tertiary/aromatic N) is 1. The lowest BCUT2D eigenvalue weighted by atomic mass is 10.2. The molecule has 24 heavy (non-hydrogen) atoms.